The Kier molecular flexibility index (Phi) is 3.65. The van der Waals surface area contributed by atoms with E-state index in [0.29, 0.717) is 0 Å². The van der Waals surface area contributed by atoms with Gasteiger partial charge in [0, 0.05) is 38.4 Å². The molecule has 3 rings (SSSR count). The second kappa shape index (κ2) is 5.30. The second-order valence-corrected chi connectivity index (χ2v) is 7.08. The zero-order chi connectivity index (χ0) is 14.3. The highest BCUT2D eigenvalue weighted by Gasteiger charge is 2.11. The van der Waals surface area contributed by atoms with Crippen LogP contribution < -0.4 is 0 Å². The van der Waals surface area contributed by atoms with E-state index in [9.17, 15) is 0 Å². The fraction of sp³-hybridized carbons (Fsp3) is 0.176. The molecule has 0 N–H and O–H groups in total. The first-order chi connectivity index (χ1) is 9.56. The highest BCUT2D eigenvalue weighted by molar-refractivity contribution is 9.10. The fourth-order valence-electron chi connectivity index (χ4n) is 2.50. The summed E-state index contributed by atoms with van der Waals surface area (Å²) in [6.45, 7) is 4.34. The van der Waals surface area contributed by atoms with Crippen LogP contribution >= 0.6 is 27.7 Å². The van der Waals surface area contributed by atoms with Gasteiger partial charge in [-0.25, -0.2) is 0 Å². The third kappa shape index (κ3) is 2.40. The van der Waals surface area contributed by atoms with E-state index < -0.39 is 0 Å². The Balaban J connectivity index is 2.11. The molecule has 3 aromatic rings. The maximum Gasteiger partial charge on any atom is 0.0492 e. The molecule has 1 nitrogen and oxygen atoms in total. The van der Waals surface area contributed by atoms with E-state index >= 15 is 0 Å². The Hall–Kier alpha value is -1.19. The summed E-state index contributed by atoms with van der Waals surface area (Å²) in [6.07, 6.45) is 2.23. The summed E-state index contributed by atoms with van der Waals surface area (Å²) in [6, 6.07) is 12.9. The Labute approximate surface area is 132 Å². The van der Waals surface area contributed by atoms with Crippen molar-refractivity contribution in [3.8, 4) is 0 Å². The van der Waals surface area contributed by atoms with Gasteiger partial charge in [0.15, 0.2) is 0 Å². The first kappa shape index (κ1) is 13.8. The normalized spacial score (nSPS) is 11.2. The van der Waals surface area contributed by atoms with Gasteiger partial charge in [-0.2, -0.15) is 0 Å². The molecule has 1 aromatic heterocycles. The molecule has 0 spiro atoms. The summed E-state index contributed by atoms with van der Waals surface area (Å²) in [5.41, 5.74) is 3.93. The zero-order valence-corrected chi connectivity index (χ0v) is 14.2. The van der Waals surface area contributed by atoms with Crippen molar-refractivity contribution in [1.29, 1.82) is 0 Å². The SMILES string of the molecule is Cc1cc(Br)ccc1Sc1cn(C)c2cccc(C)c12. The molecule has 0 fully saturated rings. The number of hydrogen-bond donors (Lipinski definition) is 0. The van der Waals surface area contributed by atoms with E-state index in [4.69, 9.17) is 0 Å². The lowest BCUT2D eigenvalue weighted by Gasteiger charge is -2.06. The summed E-state index contributed by atoms with van der Waals surface area (Å²) in [4.78, 5) is 2.63. The van der Waals surface area contributed by atoms with Crippen LogP contribution in [0.15, 0.2) is 56.9 Å². The van der Waals surface area contributed by atoms with Crippen molar-refractivity contribution in [2.24, 2.45) is 7.05 Å². The smallest absolute Gasteiger partial charge is 0.0492 e. The summed E-state index contributed by atoms with van der Waals surface area (Å²) in [5, 5.41) is 1.36. The van der Waals surface area contributed by atoms with Crippen LogP contribution in [-0.4, -0.2) is 4.57 Å². The predicted octanol–water partition coefficient (Wildman–Crippen LogP) is 5.71. The number of aromatic nitrogens is 1. The van der Waals surface area contributed by atoms with Crippen molar-refractivity contribution in [3.63, 3.8) is 0 Å². The van der Waals surface area contributed by atoms with Gasteiger partial charge in [-0.15, -0.1) is 0 Å². The van der Waals surface area contributed by atoms with E-state index in [2.05, 4.69) is 84.0 Å². The molecule has 0 aliphatic rings. The van der Waals surface area contributed by atoms with Gasteiger partial charge >= 0.3 is 0 Å². The zero-order valence-electron chi connectivity index (χ0n) is 11.8. The van der Waals surface area contributed by atoms with Crippen LogP contribution in [0.5, 0.6) is 0 Å². The molecule has 20 heavy (non-hydrogen) atoms. The number of nitrogens with zero attached hydrogens (tertiary/aromatic N) is 1. The lowest BCUT2D eigenvalue weighted by Crippen LogP contribution is -1.83. The van der Waals surface area contributed by atoms with Crippen LogP contribution in [0.25, 0.3) is 10.9 Å². The first-order valence-corrected chi connectivity index (χ1v) is 8.16. The summed E-state index contributed by atoms with van der Waals surface area (Å²) >= 11 is 5.37. The van der Waals surface area contributed by atoms with Gasteiger partial charge in [0.1, 0.15) is 0 Å². The molecule has 0 radical (unpaired) electrons. The van der Waals surface area contributed by atoms with E-state index in [-0.39, 0.29) is 0 Å². The molecule has 0 amide bonds. The number of hydrogen-bond acceptors (Lipinski definition) is 1. The van der Waals surface area contributed by atoms with Gasteiger partial charge in [-0.3, -0.25) is 0 Å². The first-order valence-electron chi connectivity index (χ1n) is 6.55. The quantitative estimate of drug-likeness (QED) is 0.575. The number of fused-ring (bicyclic) bond motifs is 1. The number of rotatable bonds is 2. The molecule has 0 unspecified atom stereocenters. The minimum absolute atomic E-state index is 1.13. The van der Waals surface area contributed by atoms with Crippen LogP contribution in [-0.2, 0) is 7.05 Å². The Bertz CT molecular complexity index is 789. The second-order valence-electron chi connectivity index (χ2n) is 5.09. The van der Waals surface area contributed by atoms with Crippen molar-refractivity contribution < 1.29 is 0 Å². The van der Waals surface area contributed by atoms with Crippen molar-refractivity contribution in [1.82, 2.24) is 4.57 Å². The van der Waals surface area contributed by atoms with Crippen molar-refractivity contribution in [2.75, 3.05) is 0 Å². The van der Waals surface area contributed by atoms with Crippen LogP contribution in [0.1, 0.15) is 11.1 Å². The van der Waals surface area contributed by atoms with Crippen LogP contribution in [0.4, 0.5) is 0 Å². The third-order valence-electron chi connectivity index (χ3n) is 3.54. The lowest BCUT2D eigenvalue weighted by atomic mass is 10.1. The summed E-state index contributed by atoms with van der Waals surface area (Å²) < 4.78 is 3.34. The largest absolute Gasteiger partial charge is 0.349 e. The molecule has 0 saturated carbocycles. The Morgan fingerprint density at radius 3 is 2.55 bits per heavy atom. The van der Waals surface area contributed by atoms with E-state index in [0.717, 1.165) is 4.47 Å². The van der Waals surface area contributed by atoms with Gasteiger partial charge in [-0.05, 0) is 49.2 Å². The monoisotopic (exact) mass is 345 g/mol. The lowest BCUT2D eigenvalue weighted by molar-refractivity contribution is 0.957. The minimum Gasteiger partial charge on any atom is -0.349 e. The Morgan fingerprint density at radius 1 is 1.00 bits per heavy atom. The predicted molar refractivity (Wildman–Crippen MR) is 90.7 cm³/mol. The van der Waals surface area contributed by atoms with Crippen LogP contribution in [0.2, 0.25) is 0 Å². The standard InChI is InChI=1S/C17H16BrNS/c1-11-5-4-6-14-17(11)16(10-19(14)3)20-15-8-7-13(18)9-12(15)2/h4-10H,1-3H3. The topological polar surface area (TPSA) is 4.93 Å². The molecule has 0 bridgehead atoms. The van der Waals surface area contributed by atoms with Crippen molar-refractivity contribution in [2.45, 2.75) is 23.6 Å². The highest BCUT2D eigenvalue weighted by atomic mass is 79.9. The van der Waals surface area contributed by atoms with Gasteiger partial charge in [-0.1, -0.05) is 39.8 Å². The van der Waals surface area contributed by atoms with E-state index in [1.165, 1.54) is 31.8 Å². The molecule has 3 heteroatoms. The van der Waals surface area contributed by atoms with Gasteiger partial charge in [0.05, 0.1) is 0 Å². The molecule has 0 aliphatic heterocycles. The van der Waals surface area contributed by atoms with Crippen LogP contribution in [0, 0.1) is 13.8 Å². The molecular weight excluding hydrogens is 330 g/mol. The van der Waals surface area contributed by atoms with Gasteiger partial charge in [0.2, 0.25) is 0 Å². The van der Waals surface area contributed by atoms with Gasteiger partial charge in [0.25, 0.3) is 0 Å². The molecule has 0 atom stereocenters. The molecular formula is C17H16BrNS. The maximum atomic E-state index is 3.52. The van der Waals surface area contributed by atoms with Crippen molar-refractivity contribution >= 4 is 38.6 Å². The summed E-state index contributed by atoms with van der Waals surface area (Å²) in [7, 11) is 2.11. The number of aryl methyl sites for hydroxylation is 3. The Morgan fingerprint density at radius 2 is 1.80 bits per heavy atom. The van der Waals surface area contributed by atoms with E-state index in [1.54, 1.807) is 0 Å². The minimum atomic E-state index is 1.13. The number of halogens is 1. The van der Waals surface area contributed by atoms with Gasteiger partial charge < -0.3 is 4.57 Å². The average molecular weight is 346 g/mol. The highest BCUT2D eigenvalue weighted by Crippen LogP contribution is 2.38. The summed E-state index contributed by atoms with van der Waals surface area (Å²) in [5.74, 6) is 0. The molecule has 1 heterocycles. The molecule has 102 valence electrons. The van der Waals surface area contributed by atoms with Crippen molar-refractivity contribution in [3.05, 3.63) is 58.2 Å². The average Bonchev–Trinajstić information content (AvgIpc) is 2.71. The fourth-order valence-corrected chi connectivity index (χ4v) is 4.15. The maximum absolute atomic E-state index is 3.52. The molecule has 0 aliphatic carbocycles. The third-order valence-corrected chi connectivity index (χ3v) is 5.25. The van der Waals surface area contributed by atoms with Crippen LogP contribution in [0.3, 0.4) is 0 Å². The molecule has 2 aromatic carbocycles. The number of benzene rings is 2. The van der Waals surface area contributed by atoms with E-state index in [1.807, 2.05) is 11.8 Å². The molecule has 0 saturated heterocycles.